The SMILES string of the molecule is O=C(Nc1cccc(C(F)(F)F)c1)c1ccc(-n2nc(-c3c(F)cccc3Cl)[nH]c2=O)cc1. The second kappa shape index (κ2) is 8.55. The van der Waals surface area contributed by atoms with Gasteiger partial charge in [-0.25, -0.2) is 9.18 Å². The number of aromatic amines is 1. The van der Waals surface area contributed by atoms with Gasteiger partial charge in [0, 0.05) is 11.3 Å². The highest BCUT2D eigenvalue weighted by Crippen LogP contribution is 2.31. The molecule has 0 aliphatic rings. The van der Waals surface area contributed by atoms with Crippen LogP contribution in [-0.4, -0.2) is 20.7 Å². The average molecular weight is 477 g/mol. The number of halogens is 5. The van der Waals surface area contributed by atoms with Crippen molar-refractivity contribution < 1.29 is 22.4 Å². The molecule has 0 saturated heterocycles. The van der Waals surface area contributed by atoms with Crippen molar-refractivity contribution in [2.24, 2.45) is 0 Å². The van der Waals surface area contributed by atoms with Crippen molar-refractivity contribution >= 4 is 23.2 Å². The fourth-order valence-corrected chi connectivity index (χ4v) is 3.32. The molecule has 0 spiro atoms. The molecule has 0 bridgehead atoms. The molecule has 0 aliphatic heterocycles. The zero-order valence-corrected chi connectivity index (χ0v) is 17.2. The van der Waals surface area contributed by atoms with Crippen LogP contribution in [0, 0.1) is 5.82 Å². The first-order chi connectivity index (χ1) is 15.6. The van der Waals surface area contributed by atoms with Crippen molar-refractivity contribution in [3.05, 3.63) is 99.2 Å². The van der Waals surface area contributed by atoms with Gasteiger partial charge in [0.2, 0.25) is 0 Å². The van der Waals surface area contributed by atoms with Crippen LogP contribution >= 0.6 is 11.6 Å². The largest absolute Gasteiger partial charge is 0.416 e. The quantitative estimate of drug-likeness (QED) is 0.393. The molecule has 1 amide bonds. The van der Waals surface area contributed by atoms with Crippen LogP contribution in [0.1, 0.15) is 15.9 Å². The zero-order valence-electron chi connectivity index (χ0n) is 16.5. The van der Waals surface area contributed by atoms with Crippen LogP contribution in [0.2, 0.25) is 5.02 Å². The number of H-pyrrole nitrogens is 1. The van der Waals surface area contributed by atoms with Gasteiger partial charge < -0.3 is 5.32 Å². The number of nitrogens with zero attached hydrogens (tertiary/aromatic N) is 2. The molecule has 3 aromatic carbocycles. The molecule has 11 heteroatoms. The molecule has 0 radical (unpaired) electrons. The predicted molar refractivity (Wildman–Crippen MR) is 114 cm³/mol. The fourth-order valence-electron chi connectivity index (χ4n) is 3.07. The summed E-state index contributed by atoms with van der Waals surface area (Å²) < 4.78 is 53.6. The number of anilines is 1. The summed E-state index contributed by atoms with van der Waals surface area (Å²) in [6, 6.07) is 13.9. The van der Waals surface area contributed by atoms with E-state index in [1.165, 1.54) is 54.6 Å². The van der Waals surface area contributed by atoms with Crippen LogP contribution < -0.4 is 11.0 Å². The highest BCUT2D eigenvalue weighted by Gasteiger charge is 2.30. The fraction of sp³-hybridized carbons (Fsp3) is 0.0455. The monoisotopic (exact) mass is 476 g/mol. The lowest BCUT2D eigenvalue weighted by atomic mass is 10.1. The summed E-state index contributed by atoms with van der Waals surface area (Å²) in [6.07, 6.45) is -4.54. The molecule has 2 N–H and O–H groups in total. The third kappa shape index (κ3) is 4.65. The summed E-state index contributed by atoms with van der Waals surface area (Å²) in [5.74, 6) is -1.38. The minimum atomic E-state index is -4.54. The van der Waals surface area contributed by atoms with Crippen molar-refractivity contribution in [2.45, 2.75) is 6.18 Å². The number of nitrogens with one attached hydrogen (secondary N) is 2. The molecule has 0 atom stereocenters. The Morgan fingerprint density at radius 1 is 1.03 bits per heavy atom. The van der Waals surface area contributed by atoms with E-state index in [9.17, 15) is 27.2 Å². The lowest BCUT2D eigenvalue weighted by molar-refractivity contribution is -0.137. The van der Waals surface area contributed by atoms with E-state index in [0.717, 1.165) is 16.8 Å². The highest BCUT2D eigenvalue weighted by atomic mass is 35.5. The van der Waals surface area contributed by atoms with E-state index < -0.39 is 29.2 Å². The number of hydrogen-bond acceptors (Lipinski definition) is 3. The van der Waals surface area contributed by atoms with Gasteiger partial charge >= 0.3 is 11.9 Å². The Labute approximate surface area is 188 Å². The lowest BCUT2D eigenvalue weighted by Crippen LogP contribution is -2.17. The summed E-state index contributed by atoms with van der Waals surface area (Å²) in [4.78, 5) is 27.2. The van der Waals surface area contributed by atoms with E-state index >= 15 is 0 Å². The third-order valence-electron chi connectivity index (χ3n) is 4.64. The number of amides is 1. The van der Waals surface area contributed by atoms with Crippen LogP contribution in [0.4, 0.5) is 23.2 Å². The number of alkyl halides is 3. The molecule has 1 heterocycles. The van der Waals surface area contributed by atoms with Gasteiger partial charge in [0.15, 0.2) is 5.82 Å². The Bertz CT molecular complexity index is 1370. The van der Waals surface area contributed by atoms with Gasteiger partial charge in [-0.1, -0.05) is 23.7 Å². The number of hydrogen-bond donors (Lipinski definition) is 2. The van der Waals surface area contributed by atoms with E-state index in [0.29, 0.717) is 0 Å². The molecule has 4 rings (SSSR count). The van der Waals surface area contributed by atoms with Gasteiger partial charge in [-0.2, -0.15) is 17.9 Å². The molecular weight excluding hydrogens is 464 g/mol. The summed E-state index contributed by atoms with van der Waals surface area (Å²) >= 11 is 6.01. The predicted octanol–water partition coefficient (Wildman–Crippen LogP) is 5.29. The summed E-state index contributed by atoms with van der Waals surface area (Å²) in [7, 11) is 0. The van der Waals surface area contributed by atoms with Crippen LogP contribution in [-0.2, 0) is 6.18 Å². The lowest BCUT2D eigenvalue weighted by Gasteiger charge is -2.10. The number of carbonyl (C=O) groups excluding carboxylic acids is 1. The Balaban J connectivity index is 1.56. The molecule has 0 unspecified atom stereocenters. The van der Waals surface area contributed by atoms with Crippen molar-refractivity contribution in [2.75, 3.05) is 5.32 Å². The smallest absolute Gasteiger partial charge is 0.322 e. The maximum atomic E-state index is 14.1. The van der Waals surface area contributed by atoms with Crippen LogP contribution in [0.25, 0.3) is 17.1 Å². The molecule has 6 nitrogen and oxygen atoms in total. The molecule has 0 saturated carbocycles. The number of carbonyl (C=O) groups is 1. The number of benzene rings is 3. The molecular formula is C22H13ClF4N4O2. The van der Waals surface area contributed by atoms with Crippen molar-refractivity contribution in [3.8, 4) is 17.1 Å². The highest BCUT2D eigenvalue weighted by molar-refractivity contribution is 6.33. The molecule has 168 valence electrons. The van der Waals surface area contributed by atoms with Gasteiger partial charge in [0.1, 0.15) is 5.82 Å². The molecule has 4 aromatic rings. The Morgan fingerprint density at radius 3 is 2.39 bits per heavy atom. The van der Waals surface area contributed by atoms with E-state index in [2.05, 4.69) is 15.4 Å². The Morgan fingerprint density at radius 2 is 1.73 bits per heavy atom. The number of rotatable bonds is 4. The zero-order chi connectivity index (χ0) is 23.8. The first-order valence-corrected chi connectivity index (χ1v) is 9.74. The standard InChI is InChI=1S/C22H13ClF4N4O2/c23-16-5-2-6-17(24)18(16)19-29-21(33)31(30-19)15-9-7-12(8-10-15)20(32)28-14-4-1-3-13(11-14)22(25,26)27/h1-11H,(H,28,32)(H,29,30,33). The van der Waals surface area contributed by atoms with E-state index in [4.69, 9.17) is 11.6 Å². The minimum Gasteiger partial charge on any atom is -0.322 e. The second-order valence-corrected chi connectivity index (χ2v) is 7.27. The van der Waals surface area contributed by atoms with Crippen LogP contribution in [0.5, 0.6) is 0 Å². The molecule has 1 aromatic heterocycles. The van der Waals surface area contributed by atoms with Crippen molar-refractivity contribution in [1.82, 2.24) is 14.8 Å². The normalized spacial score (nSPS) is 11.4. The summed E-state index contributed by atoms with van der Waals surface area (Å²) in [5.41, 5.74) is -1.23. The summed E-state index contributed by atoms with van der Waals surface area (Å²) in [6.45, 7) is 0. The minimum absolute atomic E-state index is 0.0196. The average Bonchev–Trinajstić information content (AvgIpc) is 3.14. The van der Waals surface area contributed by atoms with Crippen molar-refractivity contribution in [3.63, 3.8) is 0 Å². The van der Waals surface area contributed by atoms with Crippen LogP contribution in [0.15, 0.2) is 71.5 Å². The second-order valence-electron chi connectivity index (χ2n) is 6.87. The molecule has 0 fully saturated rings. The van der Waals surface area contributed by atoms with Crippen molar-refractivity contribution in [1.29, 1.82) is 0 Å². The first-order valence-electron chi connectivity index (χ1n) is 9.36. The van der Waals surface area contributed by atoms with Gasteiger partial charge in [-0.05, 0) is 54.6 Å². The van der Waals surface area contributed by atoms with Gasteiger partial charge in [-0.15, -0.1) is 5.10 Å². The van der Waals surface area contributed by atoms with Gasteiger partial charge in [0.05, 0.1) is 21.8 Å². The molecule has 0 aliphatic carbocycles. The van der Waals surface area contributed by atoms with E-state index in [1.807, 2.05) is 0 Å². The maximum absolute atomic E-state index is 14.1. The topological polar surface area (TPSA) is 79.8 Å². The van der Waals surface area contributed by atoms with Gasteiger partial charge in [-0.3, -0.25) is 9.78 Å². The molecule has 33 heavy (non-hydrogen) atoms. The Kier molecular flexibility index (Phi) is 5.77. The maximum Gasteiger partial charge on any atom is 0.416 e. The van der Waals surface area contributed by atoms with E-state index in [1.54, 1.807) is 0 Å². The third-order valence-corrected chi connectivity index (χ3v) is 4.95. The summed E-state index contributed by atoms with van der Waals surface area (Å²) in [5, 5.41) is 6.52. The first kappa shape index (κ1) is 22.3. The van der Waals surface area contributed by atoms with E-state index in [-0.39, 0.29) is 33.3 Å². The van der Waals surface area contributed by atoms with Gasteiger partial charge in [0.25, 0.3) is 5.91 Å². The van der Waals surface area contributed by atoms with Crippen LogP contribution in [0.3, 0.4) is 0 Å². The number of aromatic nitrogens is 3. The Hall–Kier alpha value is -3.92.